The van der Waals surface area contributed by atoms with Gasteiger partial charge in [-0.1, -0.05) is 13.3 Å². The molecule has 0 amide bonds. The SMILES string of the molecule is CCCCOC(C)COC(C)COC(C)COC(C)COC(C)COC(C)COC(C)COC(C)COC(C)CO. The maximum atomic E-state index is 9.01. The van der Waals surface area contributed by atoms with E-state index in [1.165, 1.54) is 0 Å². The topological polar surface area (TPSA) is 103 Å². The lowest BCUT2D eigenvalue weighted by Gasteiger charge is -2.23. The highest BCUT2D eigenvalue weighted by Crippen LogP contribution is 2.06. The fourth-order valence-corrected chi connectivity index (χ4v) is 3.26. The Labute approximate surface area is 251 Å². The van der Waals surface area contributed by atoms with Crippen LogP contribution in [0.25, 0.3) is 0 Å². The highest BCUT2D eigenvalue weighted by atomic mass is 16.6. The predicted molar refractivity (Wildman–Crippen MR) is 161 cm³/mol. The van der Waals surface area contributed by atoms with Gasteiger partial charge >= 0.3 is 0 Å². The van der Waals surface area contributed by atoms with Crippen LogP contribution >= 0.6 is 0 Å². The van der Waals surface area contributed by atoms with Gasteiger partial charge in [-0.2, -0.15) is 0 Å². The molecular formula is C31H64O10. The Kier molecular flexibility index (Phi) is 25.8. The molecule has 0 radical (unpaired) electrons. The Morgan fingerprint density at radius 3 is 0.805 bits per heavy atom. The third-order valence-electron chi connectivity index (χ3n) is 6.08. The van der Waals surface area contributed by atoms with Crippen LogP contribution < -0.4 is 0 Å². The Hall–Kier alpha value is -0.400. The van der Waals surface area contributed by atoms with Gasteiger partial charge in [0, 0.05) is 6.61 Å². The predicted octanol–water partition coefficient (Wildman–Crippen LogP) is 4.42. The van der Waals surface area contributed by atoms with Crippen LogP contribution in [-0.4, -0.2) is 126 Å². The van der Waals surface area contributed by atoms with E-state index in [1.54, 1.807) is 0 Å². The zero-order valence-electron chi connectivity index (χ0n) is 27.8. The monoisotopic (exact) mass is 596 g/mol. The largest absolute Gasteiger partial charge is 0.394 e. The lowest BCUT2D eigenvalue weighted by Crippen LogP contribution is -2.30. The van der Waals surface area contributed by atoms with Crippen molar-refractivity contribution in [3.63, 3.8) is 0 Å². The summed E-state index contributed by atoms with van der Waals surface area (Å²) in [5.74, 6) is 0. The number of hydrogen-bond donors (Lipinski definition) is 1. The van der Waals surface area contributed by atoms with E-state index in [-0.39, 0.29) is 61.5 Å². The van der Waals surface area contributed by atoms with Gasteiger partial charge < -0.3 is 47.7 Å². The third-order valence-corrected chi connectivity index (χ3v) is 6.08. The molecule has 0 saturated carbocycles. The second kappa shape index (κ2) is 26.0. The van der Waals surface area contributed by atoms with Gasteiger partial charge in [0.05, 0.1) is 114 Å². The molecule has 0 fully saturated rings. The van der Waals surface area contributed by atoms with Crippen molar-refractivity contribution in [1.82, 2.24) is 0 Å². The van der Waals surface area contributed by atoms with Crippen LogP contribution in [0.2, 0.25) is 0 Å². The standard InChI is InChI=1S/C31H64O10/c1-11-12-13-33-24(3)15-35-26(5)17-37-28(7)19-39-30(9)21-41-31(10)22-40-29(8)20-38-27(6)18-36-25(4)16-34-23(2)14-32/h23-32H,11-22H2,1-10H3. The molecule has 10 nitrogen and oxygen atoms in total. The van der Waals surface area contributed by atoms with Crippen molar-refractivity contribution in [1.29, 1.82) is 0 Å². The molecule has 0 aliphatic rings. The molecule has 0 saturated heterocycles. The van der Waals surface area contributed by atoms with E-state index in [0.29, 0.717) is 52.9 Å². The molecule has 10 heteroatoms. The Bertz CT molecular complexity index is 569. The number of rotatable bonds is 29. The first-order valence-electron chi connectivity index (χ1n) is 15.6. The summed E-state index contributed by atoms with van der Waals surface area (Å²) in [6, 6.07) is 0. The van der Waals surface area contributed by atoms with Crippen LogP contribution in [0.5, 0.6) is 0 Å². The molecule has 0 rings (SSSR count). The summed E-state index contributed by atoms with van der Waals surface area (Å²) in [6.45, 7) is 24.6. The molecule has 0 bridgehead atoms. The fraction of sp³-hybridized carbons (Fsp3) is 1.00. The third kappa shape index (κ3) is 25.8. The zero-order valence-corrected chi connectivity index (χ0v) is 27.8. The Morgan fingerprint density at radius 2 is 0.585 bits per heavy atom. The van der Waals surface area contributed by atoms with Gasteiger partial charge in [0.15, 0.2) is 0 Å². The average molecular weight is 597 g/mol. The summed E-state index contributed by atoms with van der Waals surface area (Å²) in [7, 11) is 0. The van der Waals surface area contributed by atoms with E-state index in [2.05, 4.69) is 6.92 Å². The first-order chi connectivity index (χ1) is 19.5. The van der Waals surface area contributed by atoms with E-state index in [4.69, 9.17) is 47.7 Å². The van der Waals surface area contributed by atoms with Crippen LogP contribution in [0.1, 0.15) is 82.1 Å². The van der Waals surface area contributed by atoms with Crippen molar-refractivity contribution in [2.75, 3.05) is 66.1 Å². The number of hydrogen-bond acceptors (Lipinski definition) is 10. The summed E-state index contributed by atoms with van der Waals surface area (Å²) in [6.07, 6.45) is 1.75. The quantitative estimate of drug-likeness (QED) is 0.125. The van der Waals surface area contributed by atoms with Gasteiger partial charge in [-0.25, -0.2) is 0 Å². The number of unbranched alkanes of at least 4 members (excludes halogenated alkanes) is 1. The van der Waals surface area contributed by atoms with Crippen LogP contribution in [-0.2, 0) is 42.6 Å². The summed E-state index contributed by atoms with van der Waals surface area (Å²) >= 11 is 0. The molecule has 0 aliphatic heterocycles. The molecule has 0 spiro atoms. The van der Waals surface area contributed by atoms with E-state index in [9.17, 15) is 0 Å². The molecule has 41 heavy (non-hydrogen) atoms. The molecule has 1 N–H and O–H groups in total. The van der Waals surface area contributed by atoms with Crippen molar-refractivity contribution in [3.8, 4) is 0 Å². The minimum Gasteiger partial charge on any atom is -0.394 e. The average Bonchev–Trinajstić information content (AvgIpc) is 2.96. The lowest BCUT2D eigenvalue weighted by atomic mass is 10.3. The molecule has 0 heterocycles. The highest BCUT2D eigenvalue weighted by molar-refractivity contribution is 4.60. The molecule has 9 atom stereocenters. The second-order valence-corrected chi connectivity index (χ2v) is 11.4. The van der Waals surface area contributed by atoms with Gasteiger partial charge in [0.25, 0.3) is 0 Å². The van der Waals surface area contributed by atoms with Crippen LogP contribution in [0, 0.1) is 0 Å². The first-order valence-corrected chi connectivity index (χ1v) is 15.6. The summed E-state index contributed by atoms with van der Waals surface area (Å²) in [5, 5.41) is 9.01. The van der Waals surface area contributed by atoms with Crippen LogP contribution in [0.4, 0.5) is 0 Å². The number of aliphatic hydroxyl groups is 1. The summed E-state index contributed by atoms with van der Waals surface area (Å²) < 4.78 is 52.2. The van der Waals surface area contributed by atoms with Gasteiger partial charge in [-0.3, -0.25) is 0 Å². The zero-order chi connectivity index (χ0) is 31.0. The van der Waals surface area contributed by atoms with Gasteiger partial charge in [-0.05, 0) is 68.7 Å². The van der Waals surface area contributed by atoms with Gasteiger partial charge in [-0.15, -0.1) is 0 Å². The maximum absolute atomic E-state index is 9.01. The summed E-state index contributed by atoms with van der Waals surface area (Å²) in [5.41, 5.74) is 0. The van der Waals surface area contributed by atoms with Crippen molar-refractivity contribution in [3.05, 3.63) is 0 Å². The summed E-state index contributed by atoms with van der Waals surface area (Å²) in [4.78, 5) is 0. The molecule has 0 aromatic heterocycles. The van der Waals surface area contributed by atoms with Crippen molar-refractivity contribution in [2.24, 2.45) is 0 Å². The first kappa shape index (κ1) is 40.6. The minimum atomic E-state index is -0.187. The molecule has 0 aromatic carbocycles. The maximum Gasteiger partial charge on any atom is 0.0781 e. The van der Waals surface area contributed by atoms with E-state index >= 15 is 0 Å². The van der Waals surface area contributed by atoms with Gasteiger partial charge in [0.1, 0.15) is 0 Å². The smallest absolute Gasteiger partial charge is 0.0781 e. The molecule has 248 valence electrons. The van der Waals surface area contributed by atoms with E-state index in [1.807, 2.05) is 62.3 Å². The number of aliphatic hydroxyl groups excluding tert-OH is 1. The van der Waals surface area contributed by atoms with Crippen LogP contribution in [0.15, 0.2) is 0 Å². The van der Waals surface area contributed by atoms with Crippen LogP contribution in [0.3, 0.4) is 0 Å². The van der Waals surface area contributed by atoms with Gasteiger partial charge in [0.2, 0.25) is 0 Å². The normalized spacial score (nSPS) is 18.8. The Balaban J connectivity index is 3.87. The highest BCUT2D eigenvalue weighted by Gasteiger charge is 2.15. The molecular weight excluding hydrogens is 532 g/mol. The van der Waals surface area contributed by atoms with E-state index < -0.39 is 0 Å². The van der Waals surface area contributed by atoms with E-state index in [0.717, 1.165) is 19.4 Å². The Morgan fingerprint density at radius 1 is 0.366 bits per heavy atom. The van der Waals surface area contributed by atoms with Crippen molar-refractivity contribution < 1.29 is 47.7 Å². The number of ether oxygens (including phenoxy) is 9. The fourth-order valence-electron chi connectivity index (χ4n) is 3.26. The second-order valence-electron chi connectivity index (χ2n) is 11.4. The van der Waals surface area contributed by atoms with Crippen molar-refractivity contribution in [2.45, 2.75) is 137 Å². The molecule has 0 aromatic rings. The van der Waals surface area contributed by atoms with Crippen molar-refractivity contribution >= 4 is 0 Å². The molecule has 0 aliphatic carbocycles. The minimum absolute atomic E-state index is 0.00149. The molecule has 9 unspecified atom stereocenters. The lowest BCUT2D eigenvalue weighted by molar-refractivity contribution is -0.111.